The Bertz CT molecular complexity index is 693. The first-order valence-corrected chi connectivity index (χ1v) is 6.51. The molecule has 0 saturated carbocycles. The van der Waals surface area contributed by atoms with E-state index in [0.29, 0.717) is 11.4 Å². The molecule has 3 atom stereocenters. The van der Waals surface area contributed by atoms with Gasteiger partial charge < -0.3 is 5.32 Å². The summed E-state index contributed by atoms with van der Waals surface area (Å²) >= 11 is 0. The van der Waals surface area contributed by atoms with Crippen molar-refractivity contribution >= 4 is 12.2 Å². The van der Waals surface area contributed by atoms with Crippen molar-refractivity contribution in [1.29, 1.82) is 5.26 Å². The summed E-state index contributed by atoms with van der Waals surface area (Å²) in [6.07, 6.45) is 2.40. The fourth-order valence-corrected chi connectivity index (χ4v) is 2.48. The second-order valence-electron chi connectivity index (χ2n) is 4.93. The molecule has 0 fully saturated rings. The number of alkyl halides is 3. The zero-order valence-corrected chi connectivity index (χ0v) is 11.2. The van der Waals surface area contributed by atoms with E-state index in [9.17, 15) is 13.2 Å². The van der Waals surface area contributed by atoms with E-state index in [1.165, 1.54) is 18.7 Å². The van der Waals surface area contributed by atoms with Crippen LogP contribution in [-0.2, 0) is 0 Å². The molecule has 0 aromatic carbocycles. The van der Waals surface area contributed by atoms with Crippen LogP contribution in [0.3, 0.4) is 0 Å². The lowest BCUT2D eigenvalue weighted by Gasteiger charge is -2.21. The highest BCUT2D eigenvalue weighted by Crippen LogP contribution is 2.35. The first kappa shape index (κ1) is 14.3. The third-order valence-electron chi connectivity index (χ3n) is 3.56. The summed E-state index contributed by atoms with van der Waals surface area (Å²) in [5, 5.41) is 15.3. The molecule has 1 aromatic heterocycles. The second kappa shape index (κ2) is 5.29. The summed E-state index contributed by atoms with van der Waals surface area (Å²) in [6.45, 7) is 0. The van der Waals surface area contributed by atoms with Gasteiger partial charge in [-0.2, -0.15) is 23.5 Å². The predicted octanol–water partition coefficient (Wildman–Crippen LogP) is 2.11. The van der Waals surface area contributed by atoms with E-state index in [1.54, 1.807) is 12.3 Å². The fourth-order valence-electron chi connectivity index (χ4n) is 2.48. The number of aliphatic imine (C=N–C) groups is 2. The van der Waals surface area contributed by atoms with Gasteiger partial charge in [0.05, 0.1) is 30.6 Å². The maximum atomic E-state index is 13.0. The van der Waals surface area contributed by atoms with E-state index < -0.39 is 18.6 Å². The molecular formula is C13H11F3N6. The van der Waals surface area contributed by atoms with Crippen molar-refractivity contribution in [3.8, 4) is 6.07 Å². The summed E-state index contributed by atoms with van der Waals surface area (Å²) in [5.41, 5.74) is 0.550. The Morgan fingerprint density at radius 1 is 1.45 bits per heavy atom. The van der Waals surface area contributed by atoms with E-state index in [4.69, 9.17) is 5.26 Å². The summed E-state index contributed by atoms with van der Waals surface area (Å²) in [4.78, 5) is 8.30. The van der Waals surface area contributed by atoms with Crippen molar-refractivity contribution in [3.63, 3.8) is 0 Å². The van der Waals surface area contributed by atoms with E-state index in [0.717, 1.165) is 4.68 Å². The average Bonchev–Trinajstić information content (AvgIpc) is 3.11. The summed E-state index contributed by atoms with van der Waals surface area (Å²) in [6, 6.07) is -0.778. The monoisotopic (exact) mass is 308 g/mol. The zero-order valence-electron chi connectivity index (χ0n) is 11.2. The van der Waals surface area contributed by atoms with Gasteiger partial charge in [0.15, 0.2) is 6.04 Å². The van der Waals surface area contributed by atoms with Crippen LogP contribution in [0.5, 0.6) is 0 Å². The highest BCUT2D eigenvalue weighted by Gasteiger charge is 2.42. The number of amidine groups is 1. The first-order chi connectivity index (χ1) is 10.5. The molecule has 6 nitrogen and oxygen atoms in total. The molecular weight excluding hydrogens is 297 g/mol. The van der Waals surface area contributed by atoms with E-state index in [1.807, 2.05) is 6.08 Å². The molecule has 1 aromatic rings. The first-order valence-electron chi connectivity index (χ1n) is 6.51. The SMILES string of the molecule is N#CCC(n1cc(C2N=CN=C3NC=CC32)cn1)C(F)(F)F. The molecule has 2 aliphatic heterocycles. The standard InChI is InChI=1S/C13H11F3N6/c14-13(15,16)10(1-3-17)22-6-8(5-21-22)11-9-2-4-18-12(9)20-7-19-11/h2,4-7,9-11H,1H2,(H,18,19,20). The molecule has 9 heteroatoms. The van der Waals surface area contributed by atoms with Gasteiger partial charge in [0, 0.05) is 11.8 Å². The number of nitrogens with one attached hydrogen (secondary N) is 1. The Kier molecular flexibility index (Phi) is 3.44. The number of fused-ring (bicyclic) bond motifs is 1. The molecule has 3 rings (SSSR count). The molecule has 3 unspecified atom stereocenters. The molecule has 0 aliphatic carbocycles. The van der Waals surface area contributed by atoms with Crippen molar-refractivity contribution in [2.24, 2.45) is 15.9 Å². The normalized spacial score (nSPS) is 24.4. The number of aromatic nitrogens is 2. The third kappa shape index (κ3) is 2.47. The molecule has 0 spiro atoms. The van der Waals surface area contributed by atoms with Gasteiger partial charge >= 0.3 is 6.18 Å². The highest BCUT2D eigenvalue weighted by atomic mass is 19.4. The maximum absolute atomic E-state index is 13.0. The molecule has 114 valence electrons. The summed E-state index contributed by atoms with van der Waals surface area (Å²) in [5.74, 6) is 0.570. The number of hydrogen-bond acceptors (Lipinski definition) is 5. The van der Waals surface area contributed by atoms with E-state index in [-0.39, 0.29) is 12.0 Å². The highest BCUT2D eigenvalue weighted by molar-refractivity contribution is 5.96. The molecule has 0 bridgehead atoms. The third-order valence-corrected chi connectivity index (χ3v) is 3.56. The molecule has 0 saturated heterocycles. The van der Waals surface area contributed by atoms with Crippen LogP contribution in [0.2, 0.25) is 0 Å². The minimum atomic E-state index is -4.53. The molecule has 2 aliphatic rings. The van der Waals surface area contributed by atoms with Gasteiger partial charge in [-0.3, -0.25) is 9.67 Å². The minimum absolute atomic E-state index is 0.136. The van der Waals surface area contributed by atoms with Gasteiger partial charge in [-0.1, -0.05) is 6.08 Å². The second-order valence-corrected chi connectivity index (χ2v) is 4.93. The Labute approximate surface area is 123 Å². The van der Waals surface area contributed by atoms with Gasteiger partial charge in [-0.25, -0.2) is 4.99 Å². The fraction of sp³-hybridized carbons (Fsp3) is 0.385. The van der Waals surface area contributed by atoms with Gasteiger partial charge in [0.1, 0.15) is 12.2 Å². The number of nitrogens with zero attached hydrogens (tertiary/aromatic N) is 5. The predicted molar refractivity (Wildman–Crippen MR) is 72.0 cm³/mol. The van der Waals surface area contributed by atoms with Crippen molar-refractivity contribution < 1.29 is 13.2 Å². The van der Waals surface area contributed by atoms with Crippen LogP contribution in [0.25, 0.3) is 0 Å². The summed E-state index contributed by atoms with van der Waals surface area (Å²) < 4.78 is 39.7. The molecule has 3 heterocycles. The van der Waals surface area contributed by atoms with Gasteiger partial charge in [-0.15, -0.1) is 0 Å². The minimum Gasteiger partial charge on any atom is -0.350 e. The van der Waals surface area contributed by atoms with Crippen LogP contribution < -0.4 is 5.32 Å². The lowest BCUT2D eigenvalue weighted by atomic mass is 9.95. The van der Waals surface area contributed by atoms with Gasteiger partial charge in [0.2, 0.25) is 0 Å². The topological polar surface area (TPSA) is 78.4 Å². The van der Waals surface area contributed by atoms with Crippen molar-refractivity contribution in [1.82, 2.24) is 15.1 Å². The number of nitriles is 1. The van der Waals surface area contributed by atoms with Gasteiger partial charge in [-0.05, 0) is 6.20 Å². The van der Waals surface area contributed by atoms with Crippen molar-refractivity contribution in [2.75, 3.05) is 0 Å². The van der Waals surface area contributed by atoms with Gasteiger partial charge in [0.25, 0.3) is 0 Å². The van der Waals surface area contributed by atoms with Crippen LogP contribution in [-0.4, -0.2) is 28.1 Å². The Morgan fingerprint density at radius 3 is 3.00 bits per heavy atom. The molecule has 22 heavy (non-hydrogen) atoms. The number of rotatable bonds is 3. The van der Waals surface area contributed by atoms with Crippen LogP contribution in [0, 0.1) is 17.2 Å². The number of hydrogen-bond donors (Lipinski definition) is 1. The summed E-state index contributed by atoms with van der Waals surface area (Å²) in [7, 11) is 0. The number of halogens is 3. The van der Waals surface area contributed by atoms with Crippen LogP contribution in [0.4, 0.5) is 13.2 Å². The molecule has 0 amide bonds. The smallest absolute Gasteiger partial charge is 0.350 e. The molecule has 1 N–H and O–H groups in total. The van der Waals surface area contributed by atoms with Crippen LogP contribution in [0.1, 0.15) is 24.1 Å². The average molecular weight is 308 g/mol. The quantitative estimate of drug-likeness (QED) is 0.929. The Morgan fingerprint density at radius 2 is 2.27 bits per heavy atom. The lowest BCUT2D eigenvalue weighted by Crippen LogP contribution is -2.27. The largest absolute Gasteiger partial charge is 0.411 e. The van der Waals surface area contributed by atoms with Crippen molar-refractivity contribution in [2.45, 2.75) is 24.7 Å². The van der Waals surface area contributed by atoms with E-state index in [2.05, 4.69) is 20.4 Å². The zero-order chi connectivity index (χ0) is 15.7. The Hall–Kier alpha value is -2.63. The molecule has 0 radical (unpaired) electrons. The lowest BCUT2D eigenvalue weighted by molar-refractivity contribution is -0.169. The van der Waals surface area contributed by atoms with Crippen LogP contribution in [0.15, 0.2) is 34.7 Å². The van der Waals surface area contributed by atoms with E-state index >= 15 is 0 Å². The van der Waals surface area contributed by atoms with Crippen LogP contribution >= 0.6 is 0 Å². The Balaban J connectivity index is 1.88. The van der Waals surface area contributed by atoms with Crippen molar-refractivity contribution in [3.05, 3.63) is 30.2 Å². The maximum Gasteiger partial charge on any atom is 0.411 e.